The molecule has 0 bridgehead atoms. The van der Waals surface area contributed by atoms with Crippen molar-refractivity contribution in [3.05, 3.63) is 35.9 Å². The molecule has 1 heterocycles. The maximum absolute atomic E-state index is 2.77. The van der Waals surface area contributed by atoms with Gasteiger partial charge < -0.3 is 0 Å². The predicted octanol–water partition coefficient (Wildman–Crippen LogP) is 3.38. The average molecular weight is 272 g/mol. The number of piperazine rings is 1. The van der Waals surface area contributed by atoms with Gasteiger partial charge in [-0.1, -0.05) is 50.1 Å². The summed E-state index contributed by atoms with van der Waals surface area (Å²) in [6, 6.07) is 11.8. The molecule has 110 valence electrons. The van der Waals surface area contributed by atoms with Gasteiger partial charge in [0.15, 0.2) is 0 Å². The van der Waals surface area contributed by atoms with E-state index in [0.29, 0.717) is 0 Å². The van der Waals surface area contributed by atoms with E-state index >= 15 is 0 Å². The molecule has 2 atom stereocenters. The van der Waals surface area contributed by atoms with Crippen LogP contribution in [-0.4, -0.2) is 42.0 Å². The predicted molar refractivity (Wildman–Crippen MR) is 84.7 cm³/mol. The highest BCUT2D eigenvalue weighted by molar-refractivity contribution is 5.14. The van der Waals surface area contributed by atoms with Crippen molar-refractivity contribution in [3.8, 4) is 0 Å². The summed E-state index contributed by atoms with van der Waals surface area (Å²) in [6.45, 7) is 8.58. The van der Waals surface area contributed by atoms with E-state index in [-0.39, 0.29) is 0 Å². The molecule has 1 aromatic rings. The summed E-state index contributed by atoms with van der Waals surface area (Å²) in [5.41, 5.74) is 1.45. The van der Waals surface area contributed by atoms with Gasteiger partial charge in [0.2, 0.25) is 0 Å². The Bertz CT molecular complexity index is 395. The number of hydrogen-bond donors (Lipinski definition) is 0. The fourth-order valence-corrected chi connectivity index (χ4v) is 3.93. The first-order valence-electron chi connectivity index (χ1n) is 8.33. The summed E-state index contributed by atoms with van der Waals surface area (Å²) in [4.78, 5) is 5.38. The molecule has 2 fully saturated rings. The maximum Gasteiger partial charge on any atom is 0.0234 e. The smallest absolute Gasteiger partial charge is 0.0234 e. The zero-order chi connectivity index (χ0) is 13.8. The van der Waals surface area contributed by atoms with E-state index in [1.807, 2.05) is 0 Å². The Morgan fingerprint density at radius 3 is 2.35 bits per heavy atom. The van der Waals surface area contributed by atoms with Crippen molar-refractivity contribution in [2.24, 2.45) is 5.92 Å². The van der Waals surface area contributed by atoms with E-state index in [0.717, 1.165) is 18.5 Å². The van der Waals surface area contributed by atoms with E-state index in [4.69, 9.17) is 0 Å². The number of rotatable bonds is 3. The Morgan fingerprint density at radius 2 is 1.65 bits per heavy atom. The first-order valence-corrected chi connectivity index (χ1v) is 8.33. The lowest BCUT2D eigenvalue weighted by molar-refractivity contribution is 0.0518. The van der Waals surface area contributed by atoms with Gasteiger partial charge in [-0.05, 0) is 24.3 Å². The summed E-state index contributed by atoms with van der Waals surface area (Å²) in [7, 11) is 0. The van der Waals surface area contributed by atoms with Crippen LogP contribution in [0.3, 0.4) is 0 Å². The zero-order valence-electron chi connectivity index (χ0n) is 12.8. The van der Waals surface area contributed by atoms with Gasteiger partial charge in [0, 0.05) is 38.8 Å². The highest BCUT2D eigenvalue weighted by atomic mass is 15.3. The van der Waals surface area contributed by atoms with Gasteiger partial charge >= 0.3 is 0 Å². The normalized spacial score (nSPS) is 29.4. The van der Waals surface area contributed by atoms with Crippen LogP contribution in [0.15, 0.2) is 30.3 Å². The Balaban J connectivity index is 1.49. The van der Waals surface area contributed by atoms with E-state index in [1.165, 1.54) is 57.4 Å². The Hall–Kier alpha value is -0.860. The Labute approximate surface area is 123 Å². The fraction of sp³-hybridized carbons (Fsp3) is 0.667. The van der Waals surface area contributed by atoms with E-state index in [9.17, 15) is 0 Å². The van der Waals surface area contributed by atoms with Gasteiger partial charge in [-0.3, -0.25) is 9.80 Å². The fourth-order valence-electron chi connectivity index (χ4n) is 3.93. The van der Waals surface area contributed by atoms with Crippen molar-refractivity contribution < 1.29 is 0 Å². The topological polar surface area (TPSA) is 6.48 Å². The minimum absolute atomic E-state index is 0.864. The molecule has 0 amide bonds. The molecule has 20 heavy (non-hydrogen) atoms. The van der Waals surface area contributed by atoms with Gasteiger partial charge in [-0.2, -0.15) is 0 Å². The quantitative estimate of drug-likeness (QED) is 0.832. The second kappa shape index (κ2) is 6.73. The van der Waals surface area contributed by atoms with Crippen LogP contribution in [0.1, 0.15) is 38.2 Å². The summed E-state index contributed by atoms with van der Waals surface area (Å²) in [6.07, 6.45) is 5.76. The Kier molecular flexibility index (Phi) is 4.74. The lowest BCUT2D eigenvalue weighted by atomic mass is 9.84. The molecule has 0 radical (unpaired) electrons. The van der Waals surface area contributed by atoms with Crippen molar-refractivity contribution in [1.29, 1.82) is 0 Å². The molecule has 1 aromatic carbocycles. The molecule has 1 saturated carbocycles. The molecular weight excluding hydrogens is 244 g/mol. The summed E-state index contributed by atoms with van der Waals surface area (Å²) >= 11 is 0. The second-order valence-electron chi connectivity index (χ2n) is 6.63. The van der Waals surface area contributed by atoms with Crippen LogP contribution >= 0.6 is 0 Å². The second-order valence-corrected chi connectivity index (χ2v) is 6.63. The van der Waals surface area contributed by atoms with Crippen molar-refractivity contribution in [1.82, 2.24) is 9.80 Å². The minimum Gasteiger partial charge on any atom is -0.298 e. The molecule has 0 spiro atoms. The largest absolute Gasteiger partial charge is 0.298 e. The van der Waals surface area contributed by atoms with E-state index in [1.54, 1.807) is 0 Å². The van der Waals surface area contributed by atoms with Gasteiger partial charge in [0.25, 0.3) is 0 Å². The third-order valence-corrected chi connectivity index (χ3v) is 5.19. The van der Waals surface area contributed by atoms with E-state index in [2.05, 4.69) is 47.1 Å². The highest BCUT2D eigenvalue weighted by Crippen LogP contribution is 2.28. The van der Waals surface area contributed by atoms with Gasteiger partial charge in [0.1, 0.15) is 0 Å². The molecule has 2 aliphatic rings. The maximum atomic E-state index is 2.77. The first kappa shape index (κ1) is 14.1. The van der Waals surface area contributed by atoms with Crippen LogP contribution in [0.5, 0.6) is 0 Å². The standard InChI is InChI=1S/C18H28N2/c1-16-7-5-6-10-18(16)20-13-11-19(12-14-20)15-17-8-3-2-4-9-17/h2-4,8-9,16,18H,5-7,10-15H2,1H3/t16-,18+/m0/s1. The molecule has 1 aliphatic heterocycles. The summed E-state index contributed by atoms with van der Waals surface area (Å²) in [5.74, 6) is 0.907. The van der Waals surface area contributed by atoms with Crippen molar-refractivity contribution in [2.75, 3.05) is 26.2 Å². The Morgan fingerprint density at radius 1 is 0.950 bits per heavy atom. The minimum atomic E-state index is 0.864. The third kappa shape index (κ3) is 3.42. The molecular formula is C18H28N2. The van der Waals surface area contributed by atoms with Gasteiger partial charge in [-0.25, -0.2) is 0 Å². The first-order chi connectivity index (χ1) is 9.83. The van der Waals surface area contributed by atoms with Crippen LogP contribution in [0.2, 0.25) is 0 Å². The van der Waals surface area contributed by atoms with Crippen molar-refractivity contribution in [3.63, 3.8) is 0 Å². The molecule has 1 aliphatic carbocycles. The average Bonchev–Trinajstić information content (AvgIpc) is 2.50. The van der Waals surface area contributed by atoms with Crippen LogP contribution in [-0.2, 0) is 6.54 Å². The van der Waals surface area contributed by atoms with E-state index < -0.39 is 0 Å². The lowest BCUT2D eigenvalue weighted by Gasteiger charge is -2.43. The van der Waals surface area contributed by atoms with Crippen LogP contribution < -0.4 is 0 Å². The van der Waals surface area contributed by atoms with Gasteiger partial charge in [0.05, 0.1) is 0 Å². The van der Waals surface area contributed by atoms with Crippen molar-refractivity contribution in [2.45, 2.75) is 45.2 Å². The highest BCUT2D eigenvalue weighted by Gasteiger charge is 2.29. The summed E-state index contributed by atoms with van der Waals surface area (Å²) < 4.78 is 0. The number of benzene rings is 1. The van der Waals surface area contributed by atoms with Crippen LogP contribution in [0.25, 0.3) is 0 Å². The van der Waals surface area contributed by atoms with Crippen LogP contribution in [0.4, 0.5) is 0 Å². The monoisotopic (exact) mass is 272 g/mol. The van der Waals surface area contributed by atoms with Gasteiger partial charge in [-0.15, -0.1) is 0 Å². The molecule has 0 aromatic heterocycles. The third-order valence-electron chi connectivity index (χ3n) is 5.19. The molecule has 0 unspecified atom stereocenters. The SMILES string of the molecule is C[C@H]1CCCC[C@H]1N1CCN(Cc2ccccc2)CC1. The molecule has 0 N–H and O–H groups in total. The lowest BCUT2D eigenvalue weighted by Crippen LogP contribution is -2.52. The number of nitrogens with zero attached hydrogens (tertiary/aromatic N) is 2. The number of hydrogen-bond acceptors (Lipinski definition) is 2. The molecule has 3 rings (SSSR count). The summed E-state index contributed by atoms with van der Waals surface area (Å²) in [5, 5.41) is 0. The van der Waals surface area contributed by atoms with Crippen LogP contribution in [0, 0.1) is 5.92 Å². The van der Waals surface area contributed by atoms with Crippen molar-refractivity contribution >= 4 is 0 Å². The zero-order valence-corrected chi connectivity index (χ0v) is 12.8. The molecule has 1 saturated heterocycles. The molecule has 2 heteroatoms. The molecule has 2 nitrogen and oxygen atoms in total.